The summed E-state index contributed by atoms with van der Waals surface area (Å²) >= 11 is 0. The molecule has 0 aliphatic carbocycles. The molecule has 17 heavy (non-hydrogen) atoms. The van der Waals surface area contributed by atoms with Crippen molar-refractivity contribution in [1.82, 2.24) is 9.97 Å². The van der Waals surface area contributed by atoms with Gasteiger partial charge in [0.15, 0.2) is 0 Å². The summed E-state index contributed by atoms with van der Waals surface area (Å²) in [6, 6.07) is 0. The summed E-state index contributed by atoms with van der Waals surface area (Å²) < 4.78 is 0. The van der Waals surface area contributed by atoms with Crippen LogP contribution in [0.5, 0.6) is 0 Å². The molecule has 0 amide bonds. The van der Waals surface area contributed by atoms with E-state index in [2.05, 4.69) is 15.3 Å². The summed E-state index contributed by atoms with van der Waals surface area (Å²) in [6.07, 6.45) is 2.19. The van der Waals surface area contributed by atoms with E-state index in [0.717, 1.165) is 13.0 Å². The summed E-state index contributed by atoms with van der Waals surface area (Å²) in [5.41, 5.74) is -0.0728. The Balaban J connectivity index is 3.05. The highest BCUT2D eigenvalue weighted by molar-refractivity contribution is 5.58. The van der Waals surface area contributed by atoms with Crippen LogP contribution in [-0.4, -0.2) is 35.0 Å². The first kappa shape index (κ1) is 13.1. The number of hydrogen-bond donors (Lipinski definition) is 1. The minimum Gasteiger partial charge on any atom is -0.354 e. The van der Waals surface area contributed by atoms with Crippen LogP contribution in [0.1, 0.15) is 20.3 Å². The number of rotatable bonds is 6. The quantitative estimate of drug-likeness (QED) is 0.600. The molecule has 7 heteroatoms. The Labute approximate surface area is 100 Å². The highest BCUT2D eigenvalue weighted by Gasteiger charge is 2.19. The maximum absolute atomic E-state index is 10.8. The molecule has 0 fully saturated rings. The number of anilines is 2. The summed E-state index contributed by atoms with van der Waals surface area (Å²) in [5, 5.41) is 13.9. The molecule has 1 aromatic rings. The Morgan fingerprint density at radius 2 is 2.24 bits per heavy atom. The third-order valence-corrected chi connectivity index (χ3v) is 2.32. The Hall–Kier alpha value is -1.92. The highest BCUT2D eigenvalue weighted by atomic mass is 16.6. The second-order valence-electron chi connectivity index (χ2n) is 3.60. The minimum atomic E-state index is -0.467. The van der Waals surface area contributed by atoms with Crippen LogP contribution in [0.2, 0.25) is 0 Å². The van der Waals surface area contributed by atoms with Gasteiger partial charge in [-0.2, -0.15) is 4.98 Å². The average molecular weight is 239 g/mol. The fourth-order valence-electron chi connectivity index (χ4n) is 1.25. The first-order valence-electron chi connectivity index (χ1n) is 5.56. The van der Waals surface area contributed by atoms with Crippen LogP contribution >= 0.6 is 0 Å². The molecular formula is C10H17N5O2. The van der Waals surface area contributed by atoms with Gasteiger partial charge in [0.25, 0.3) is 0 Å². The number of hydrogen-bond acceptors (Lipinski definition) is 6. The topological polar surface area (TPSA) is 84.2 Å². The van der Waals surface area contributed by atoms with Gasteiger partial charge in [0.2, 0.25) is 11.8 Å². The zero-order valence-electron chi connectivity index (χ0n) is 10.3. The molecule has 94 valence electrons. The Morgan fingerprint density at radius 1 is 1.53 bits per heavy atom. The van der Waals surface area contributed by atoms with Crippen LogP contribution in [0.15, 0.2) is 6.20 Å². The molecule has 1 heterocycles. The van der Waals surface area contributed by atoms with E-state index in [1.165, 1.54) is 6.20 Å². The molecule has 0 aliphatic rings. The lowest BCUT2D eigenvalue weighted by Gasteiger charge is -2.15. The summed E-state index contributed by atoms with van der Waals surface area (Å²) in [4.78, 5) is 20.2. The van der Waals surface area contributed by atoms with E-state index in [4.69, 9.17) is 0 Å². The summed E-state index contributed by atoms with van der Waals surface area (Å²) in [5.74, 6) is 0.763. The van der Waals surface area contributed by atoms with Crippen molar-refractivity contribution in [2.45, 2.75) is 20.3 Å². The third-order valence-electron chi connectivity index (χ3n) is 2.32. The fraction of sp³-hybridized carbons (Fsp3) is 0.600. The van der Waals surface area contributed by atoms with Crippen molar-refractivity contribution >= 4 is 17.5 Å². The number of nitrogens with one attached hydrogen (secondary N) is 1. The van der Waals surface area contributed by atoms with Gasteiger partial charge in [-0.15, -0.1) is 0 Å². The molecule has 0 spiro atoms. The smallest absolute Gasteiger partial charge is 0.329 e. The van der Waals surface area contributed by atoms with Crippen LogP contribution in [-0.2, 0) is 0 Å². The molecule has 0 saturated carbocycles. The summed E-state index contributed by atoms with van der Waals surface area (Å²) in [6.45, 7) is 5.32. The number of aromatic nitrogens is 2. The van der Waals surface area contributed by atoms with Gasteiger partial charge in [-0.3, -0.25) is 10.1 Å². The first-order valence-corrected chi connectivity index (χ1v) is 5.56. The van der Waals surface area contributed by atoms with Crippen molar-refractivity contribution in [1.29, 1.82) is 0 Å². The molecule has 1 N–H and O–H groups in total. The Kier molecular flexibility index (Phi) is 4.62. The lowest BCUT2D eigenvalue weighted by molar-refractivity contribution is -0.384. The normalized spacial score (nSPS) is 10.1. The maximum Gasteiger partial charge on any atom is 0.329 e. The molecular weight excluding hydrogens is 222 g/mol. The Bertz CT molecular complexity index is 396. The molecule has 0 bridgehead atoms. The SMILES string of the molecule is CCCNc1ncc([N+](=O)[O-])c(N(C)CC)n1. The van der Waals surface area contributed by atoms with Gasteiger partial charge in [0.05, 0.1) is 4.92 Å². The predicted octanol–water partition coefficient (Wildman–Crippen LogP) is 1.66. The standard InChI is InChI=1S/C10H17N5O2/c1-4-6-11-10-12-7-8(15(16)17)9(13-10)14(3)5-2/h7H,4-6H2,1-3H3,(H,11,12,13). The van der Waals surface area contributed by atoms with Crippen LogP contribution in [0, 0.1) is 10.1 Å². The van der Waals surface area contributed by atoms with Crippen molar-refractivity contribution in [3.05, 3.63) is 16.3 Å². The zero-order valence-corrected chi connectivity index (χ0v) is 10.3. The molecule has 0 aliphatic heterocycles. The van der Waals surface area contributed by atoms with Crippen LogP contribution in [0.4, 0.5) is 17.5 Å². The monoisotopic (exact) mass is 239 g/mol. The van der Waals surface area contributed by atoms with Crippen LogP contribution in [0.25, 0.3) is 0 Å². The van der Waals surface area contributed by atoms with Crippen LogP contribution in [0.3, 0.4) is 0 Å². The van der Waals surface area contributed by atoms with Crippen molar-refractivity contribution in [2.24, 2.45) is 0 Å². The molecule has 7 nitrogen and oxygen atoms in total. The van der Waals surface area contributed by atoms with Gasteiger partial charge < -0.3 is 10.2 Å². The zero-order chi connectivity index (χ0) is 12.8. The average Bonchev–Trinajstić information content (AvgIpc) is 2.34. The molecule has 1 aromatic heterocycles. The second kappa shape index (κ2) is 5.97. The van der Waals surface area contributed by atoms with Gasteiger partial charge in [-0.05, 0) is 13.3 Å². The molecule has 0 atom stereocenters. The largest absolute Gasteiger partial charge is 0.354 e. The van der Waals surface area contributed by atoms with Crippen molar-refractivity contribution in [3.8, 4) is 0 Å². The summed E-state index contributed by atoms with van der Waals surface area (Å²) in [7, 11) is 1.76. The van der Waals surface area contributed by atoms with E-state index in [9.17, 15) is 10.1 Å². The molecule has 0 aromatic carbocycles. The van der Waals surface area contributed by atoms with E-state index < -0.39 is 4.92 Å². The predicted molar refractivity (Wildman–Crippen MR) is 66.4 cm³/mol. The molecule has 0 saturated heterocycles. The van der Waals surface area contributed by atoms with E-state index in [1.54, 1.807) is 11.9 Å². The highest BCUT2D eigenvalue weighted by Crippen LogP contribution is 2.24. The van der Waals surface area contributed by atoms with Gasteiger partial charge in [0.1, 0.15) is 6.20 Å². The van der Waals surface area contributed by atoms with E-state index in [0.29, 0.717) is 18.3 Å². The van der Waals surface area contributed by atoms with Gasteiger partial charge >= 0.3 is 5.69 Å². The maximum atomic E-state index is 10.8. The fourth-order valence-corrected chi connectivity index (χ4v) is 1.25. The van der Waals surface area contributed by atoms with E-state index in [-0.39, 0.29) is 5.69 Å². The molecule has 1 rings (SSSR count). The second-order valence-corrected chi connectivity index (χ2v) is 3.60. The molecule has 0 radical (unpaired) electrons. The van der Waals surface area contributed by atoms with Crippen molar-refractivity contribution in [2.75, 3.05) is 30.4 Å². The van der Waals surface area contributed by atoms with Crippen molar-refractivity contribution in [3.63, 3.8) is 0 Å². The third kappa shape index (κ3) is 3.27. The number of nitro groups is 1. The van der Waals surface area contributed by atoms with Gasteiger partial charge in [-0.25, -0.2) is 4.98 Å². The first-order chi connectivity index (χ1) is 8.10. The minimum absolute atomic E-state index is 0.0728. The van der Waals surface area contributed by atoms with Gasteiger partial charge in [-0.1, -0.05) is 6.92 Å². The Morgan fingerprint density at radius 3 is 2.76 bits per heavy atom. The number of nitrogens with zero attached hydrogens (tertiary/aromatic N) is 4. The van der Waals surface area contributed by atoms with Crippen LogP contribution < -0.4 is 10.2 Å². The van der Waals surface area contributed by atoms with E-state index in [1.807, 2.05) is 13.8 Å². The van der Waals surface area contributed by atoms with Crippen molar-refractivity contribution < 1.29 is 4.92 Å². The van der Waals surface area contributed by atoms with E-state index >= 15 is 0 Å². The lowest BCUT2D eigenvalue weighted by atomic mass is 10.4. The lowest BCUT2D eigenvalue weighted by Crippen LogP contribution is -2.20. The molecule has 0 unspecified atom stereocenters. The van der Waals surface area contributed by atoms with Gasteiger partial charge in [0, 0.05) is 20.1 Å².